The third-order valence-corrected chi connectivity index (χ3v) is 3.92. The summed E-state index contributed by atoms with van der Waals surface area (Å²) in [6, 6.07) is 5.92. The van der Waals surface area contributed by atoms with E-state index in [4.69, 9.17) is 15.2 Å². The molecule has 0 aliphatic heterocycles. The summed E-state index contributed by atoms with van der Waals surface area (Å²) in [7, 11) is 1.67. The van der Waals surface area contributed by atoms with Crippen LogP contribution in [-0.2, 0) is 11.2 Å². The van der Waals surface area contributed by atoms with Crippen LogP contribution in [0.1, 0.15) is 26.3 Å². The lowest BCUT2D eigenvalue weighted by molar-refractivity contribution is 0.0127. The Morgan fingerprint density at radius 2 is 2.00 bits per heavy atom. The van der Waals surface area contributed by atoms with Crippen LogP contribution in [-0.4, -0.2) is 25.9 Å². The van der Waals surface area contributed by atoms with Crippen molar-refractivity contribution < 1.29 is 9.47 Å². The first-order chi connectivity index (χ1) is 8.99. The summed E-state index contributed by atoms with van der Waals surface area (Å²) in [5.74, 6) is 1.25. The molecule has 19 heavy (non-hydrogen) atoms. The highest BCUT2D eigenvalue weighted by Crippen LogP contribution is 2.25. The Bertz CT molecular complexity index is 396. The van der Waals surface area contributed by atoms with E-state index in [2.05, 4.69) is 29.8 Å². The number of hydrogen-bond acceptors (Lipinski definition) is 3. The molecule has 0 spiro atoms. The quantitative estimate of drug-likeness (QED) is 0.833. The summed E-state index contributed by atoms with van der Waals surface area (Å²) in [5, 5.41) is 0. The zero-order chi connectivity index (χ0) is 14.4. The molecule has 0 radical (unpaired) electrons. The molecule has 0 amide bonds. The predicted molar refractivity (Wildman–Crippen MR) is 82.6 cm³/mol. The molecule has 2 atom stereocenters. The number of methoxy groups -OCH3 is 1. The molecule has 1 rings (SSSR count). The Morgan fingerprint density at radius 3 is 2.53 bits per heavy atom. The topological polar surface area (TPSA) is 44.5 Å². The van der Waals surface area contributed by atoms with Gasteiger partial charge in [-0.25, -0.2) is 0 Å². The standard InChI is InChI=1S/C15H24BrNO2/c1-5-19-15(10(2)3)14(17)9-11-8-12(18-4)6-7-13(11)16/h6-8,10,14-15H,5,9,17H2,1-4H3. The van der Waals surface area contributed by atoms with Crippen molar-refractivity contribution in [3.63, 3.8) is 0 Å². The Hall–Kier alpha value is -0.580. The van der Waals surface area contributed by atoms with Crippen molar-refractivity contribution >= 4 is 15.9 Å². The van der Waals surface area contributed by atoms with E-state index < -0.39 is 0 Å². The third-order valence-electron chi connectivity index (χ3n) is 3.15. The van der Waals surface area contributed by atoms with Crippen molar-refractivity contribution in [3.05, 3.63) is 28.2 Å². The summed E-state index contributed by atoms with van der Waals surface area (Å²) in [6.45, 7) is 6.97. The first-order valence-electron chi connectivity index (χ1n) is 6.69. The van der Waals surface area contributed by atoms with Crippen molar-refractivity contribution in [2.45, 2.75) is 39.3 Å². The first-order valence-corrected chi connectivity index (χ1v) is 7.48. The largest absolute Gasteiger partial charge is 0.497 e. The van der Waals surface area contributed by atoms with Crippen molar-refractivity contribution in [2.75, 3.05) is 13.7 Å². The van der Waals surface area contributed by atoms with E-state index in [1.807, 2.05) is 25.1 Å². The maximum absolute atomic E-state index is 6.31. The fraction of sp³-hybridized carbons (Fsp3) is 0.600. The van der Waals surface area contributed by atoms with Gasteiger partial charge in [0.15, 0.2) is 0 Å². The lowest BCUT2D eigenvalue weighted by Crippen LogP contribution is -2.42. The van der Waals surface area contributed by atoms with Crippen molar-refractivity contribution in [1.82, 2.24) is 0 Å². The van der Waals surface area contributed by atoms with E-state index >= 15 is 0 Å². The fourth-order valence-electron chi connectivity index (χ4n) is 2.21. The number of rotatable bonds is 7. The van der Waals surface area contributed by atoms with Crippen LogP contribution >= 0.6 is 15.9 Å². The molecule has 2 unspecified atom stereocenters. The van der Waals surface area contributed by atoms with Crippen LogP contribution in [0.4, 0.5) is 0 Å². The highest BCUT2D eigenvalue weighted by molar-refractivity contribution is 9.10. The Kier molecular flexibility index (Phi) is 6.83. The molecule has 0 aromatic heterocycles. The second-order valence-electron chi connectivity index (χ2n) is 4.99. The zero-order valence-electron chi connectivity index (χ0n) is 12.2. The van der Waals surface area contributed by atoms with Gasteiger partial charge in [0, 0.05) is 17.1 Å². The van der Waals surface area contributed by atoms with Crippen LogP contribution in [0.15, 0.2) is 22.7 Å². The second kappa shape index (κ2) is 7.88. The summed E-state index contributed by atoms with van der Waals surface area (Å²) >= 11 is 3.56. The normalized spacial score (nSPS) is 14.5. The van der Waals surface area contributed by atoms with Gasteiger partial charge in [0.05, 0.1) is 13.2 Å². The van der Waals surface area contributed by atoms with Crippen LogP contribution in [0.25, 0.3) is 0 Å². The molecule has 1 aromatic carbocycles. The van der Waals surface area contributed by atoms with Gasteiger partial charge in [-0.1, -0.05) is 29.8 Å². The van der Waals surface area contributed by atoms with E-state index in [-0.39, 0.29) is 12.1 Å². The van der Waals surface area contributed by atoms with Gasteiger partial charge in [-0.3, -0.25) is 0 Å². The predicted octanol–water partition coefficient (Wildman–Crippen LogP) is 3.39. The molecule has 0 saturated carbocycles. The molecule has 108 valence electrons. The molecule has 0 heterocycles. The van der Waals surface area contributed by atoms with Gasteiger partial charge in [0.1, 0.15) is 5.75 Å². The molecule has 0 fully saturated rings. The lowest BCUT2D eigenvalue weighted by atomic mass is 9.94. The van der Waals surface area contributed by atoms with Crippen LogP contribution < -0.4 is 10.5 Å². The van der Waals surface area contributed by atoms with Crippen molar-refractivity contribution in [2.24, 2.45) is 11.7 Å². The van der Waals surface area contributed by atoms with Gasteiger partial charge in [-0.05, 0) is 43.0 Å². The van der Waals surface area contributed by atoms with Crippen LogP contribution in [0.5, 0.6) is 5.75 Å². The smallest absolute Gasteiger partial charge is 0.119 e. The Balaban J connectivity index is 2.82. The van der Waals surface area contributed by atoms with E-state index in [1.165, 1.54) is 0 Å². The van der Waals surface area contributed by atoms with Gasteiger partial charge in [-0.2, -0.15) is 0 Å². The van der Waals surface area contributed by atoms with Gasteiger partial charge in [0.2, 0.25) is 0 Å². The molecule has 3 nitrogen and oxygen atoms in total. The average Bonchev–Trinajstić information content (AvgIpc) is 2.38. The summed E-state index contributed by atoms with van der Waals surface area (Å²) < 4.78 is 12.1. The van der Waals surface area contributed by atoms with E-state index in [9.17, 15) is 0 Å². The fourth-order valence-corrected chi connectivity index (χ4v) is 2.62. The molecule has 0 bridgehead atoms. The van der Waals surface area contributed by atoms with E-state index in [0.29, 0.717) is 12.5 Å². The van der Waals surface area contributed by atoms with Crippen molar-refractivity contribution in [1.29, 1.82) is 0 Å². The maximum Gasteiger partial charge on any atom is 0.119 e. The number of ether oxygens (including phenoxy) is 2. The number of halogens is 1. The van der Waals surface area contributed by atoms with Gasteiger partial charge in [-0.15, -0.1) is 0 Å². The SMILES string of the molecule is CCOC(C(C)C)C(N)Cc1cc(OC)ccc1Br. The zero-order valence-corrected chi connectivity index (χ0v) is 13.7. The van der Waals surface area contributed by atoms with Crippen LogP contribution in [0, 0.1) is 5.92 Å². The Labute approximate surface area is 124 Å². The second-order valence-corrected chi connectivity index (χ2v) is 5.84. The molecule has 0 aliphatic rings. The van der Waals surface area contributed by atoms with Gasteiger partial charge < -0.3 is 15.2 Å². The van der Waals surface area contributed by atoms with E-state index in [0.717, 1.165) is 22.2 Å². The summed E-state index contributed by atoms with van der Waals surface area (Å²) in [4.78, 5) is 0. The highest BCUT2D eigenvalue weighted by atomic mass is 79.9. The first kappa shape index (κ1) is 16.5. The minimum absolute atomic E-state index is 0.0247. The maximum atomic E-state index is 6.31. The molecule has 4 heteroatoms. The highest BCUT2D eigenvalue weighted by Gasteiger charge is 2.22. The number of benzene rings is 1. The summed E-state index contributed by atoms with van der Waals surface area (Å²) in [5.41, 5.74) is 7.46. The molecular weight excluding hydrogens is 306 g/mol. The van der Waals surface area contributed by atoms with E-state index in [1.54, 1.807) is 7.11 Å². The number of hydrogen-bond donors (Lipinski definition) is 1. The van der Waals surface area contributed by atoms with Gasteiger partial charge in [0.25, 0.3) is 0 Å². The third kappa shape index (κ3) is 4.79. The number of nitrogens with two attached hydrogens (primary N) is 1. The van der Waals surface area contributed by atoms with Crippen LogP contribution in [0.2, 0.25) is 0 Å². The molecule has 2 N–H and O–H groups in total. The Morgan fingerprint density at radius 1 is 1.32 bits per heavy atom. The molecular formula is C15H24BrNO2. The lowest BCUT2D eigenvalue weighted by Gasteiger charge is -2.27. The summed E-state index contributed by atoms with van der Waals surface area (Å²) in [6.07, 6.45) is 0.837. The van der Waals surface area contributed by atoms with Crippen LogP contribution in [0.3, 0.4) is 0 Å². The molecule has 1 aromatic rings. The van der Waals surface area contributed by atoms with Gasteiger partial charge >= 0.3 is 0 Å². The minimum atomic E-state index is -0.0247. The molecule has 0 saturated heterocycles. The minimum Gasteiger partial charge on any atom is -0.497 e. The molecule has 0 aliphatic carbocycles. The monoisotopic (exact) mass is 329 g/mol. The average molecular weight is 330 g/mol. The van der Waals surface area contributed by atoms with Crippen molar-refractivity contribution in [3.8, 4) is 5.75 Å².